The fraction of sp³-hybridized carbons (Fsp3) is 0.269. The van der Waals surface area contributed by atoms with E-state index < -0.39 is 0 Å². The molecule has 1 aromatic carbocycles. The van der Waals surface area contributed by atoms with E-state index in [1.165, 1.54) is 0 Å². The van der Waals surface area contributed by atoms with Crippen molar-refractivity contribution in [3.8, 4) is 17.1 Å². The average Bonchev–Trinajstić information content (AvgIpc) is 3.59. The van der Waals surface area contributed by atoms with Gasteiger partial charge in [0.15, 0.2) is 11.6 Å². The molecule has 11 heteroatoms. The Morgan fingerprint density at radius 2 is 2.08 bits per heavy atom. The third-order valence-corrected chi connectivity index (χ3v) is 7.40. The van der Waals surface area contributed by atoms with Crippen LogP contribution in [0.15, 0.2) is 48.9 Å². The van der Waals surface area contributed by atoms with Gasteiger partial charge in [-0.2, -0.15) is 5.10 Å². The Bertz CT molecular complexity index is 1580. The van der Waals surface area contributed by atoms with Crippen LogP contribution < -0.4 is 15.0 Å². The number of methoxy groups -OCH3 is 1. The second-order valence-electron chi connectivity index (χ2n) is 8.72. The average molecular weight is 516 g/mol. The second-order valence-corrected chi connectivity index (χ2v) is 9.86. The standard InChI is InChI=1S/C26H25N7O3S/c1-35-17-4-2-3-16(9-17)10-23(34)28-12-18-11-21-24(37-18)26(33-5-7-36-8-6-33)31-25(30-21)20-13-27-15-22-19(20)14-29-32-22/h2-4,9,11,13-15H,5-8,10,12H2,1H3,(H,28,34)(H,29,32). The number of carbonyl (C=O) groups excluding carboxylic acids is 1. The third-order valence-electron chi connectivity index (χ3n) is 6.28. The quantitative estimate of drug-likeness (QED) is 0.339. The summed E-state index contributed by atoms with van der Waals surface area (Å²) in [4.78, 5) is 30.1. The second kappa shape index (κ2) is 10.1. The Balaban J connectivity index is 1.30. The largest absolute Gasteiger partial charge is 0.497 e. The van der Waals surface area contributed by atoms with Gasteiger partial charge in [0.2, 0.25) is 5.91 Å². The van der Waals surface area contributed by atoms with E-state index in [2.05, 4.69) is 25.4 Å². The fourth-order valence-corrected chi connectivity index (χ4v) is 5.47. The van der Waals surface area contributed by atoms with Gasteiger partial charge in [0.05, 0.1) is 61.4 Å². The number of hydrogen-bond acceptors (Lipinski definition) is 9. The molecule has 0 spiro atoms. The molecule has 1 fully saturated rings. The number of ether oxygens (including phenoxy) is 2. The van der Waals surface area contributed by atoms with Gasteiger partial charge in [0, 0.05) is 35.1 Å². The van der Waals surface area contributed by atoms with Gasteiger partial charge >= 0.3 is 0 Å². The third kappa shape index (κ3) is 4.83. The molecule has 0 radical (unpaired) electrons. The summed E-state index contributed by atoms with van der Waals surface area (Å²) in [6, 6.07) is 9.58. The van der Waals surface area contributed by atoms with Crippen LogP contribution in [0.1, 0.15) is 10.4 Å². The maximum absolute atomic E-state index is 12.6. The predicted octanol–water partition coefficient (Wildman–Crippen LogP) is 3.33. The highest BCUT2D eigenvalue weighted by Gasteiger charge is 2.21. The minimum atomic E-state index is -0.0522. The summed E-state index contributed by atoms with van der Waals surface area (Å²) in [7, 11) is 1.62. The van der Waals surface area contributed by atoms with Crippen molar-refractivity contribution in [2.24, 2.45) is 0 Å². The van der Waals surface area contributed by atoms with Crippen molar-refractivity contribution >= 4 is 44.2 Å². The fourth-order valence-electron chi connectivity index (χ4n) is 4.42. The maximum atomic E-state index is 12.6. The van der Waals surface area contributed by atoms with Crippen molar-refractivity contribution in [3.63, 3.8) is 0 Å². The molecule has 6 rings (SSSR count). The first-order valence-electron chi connectivity index (χ1n) is 12.0. The number of rotatable bonds is 7. The van der Waals surface area contributed by atoms with Crippen LogP contribution in [-0.4, -0.2) is 64.5 Å². The van der Waals surface area contributed by atoms with Gasteiger partial charge in [-0.1, -0.05) is 12.1 Å². The number of fused-ring (bicyclic) bond motifs is 2. The van der Waals surface area contributed by atoms with E-state index in [0.717, 1.165) is 61.8 Å². The Kier molecular flexibility index (Phi) is 6.37. The Labute approximate surface area is 216 Å². The highest BCUT2D eigenvalue weighted by Crippen LogP contribution is 2.35. The topological polar surface area (TPSA) is 118 Å². The number of hydrogen-bond donors (Lipinski definition) is 2. The molecule has 1 aliphatic heterocycles. The van der Waals surface area contributed by atoms with Crippen LogP contribution in [0.25, 0.3) is 32.5 Å². The van der Waals surface area contributed by atoms with Gasteiger partial charge in [0.1, 0.15) is 5.75 Å². The molecule has 188 valence electrons. The number of aromatic nitrogens is 5. The number of anilines is 1. The molecule has 2 N–H and O–H groups in total. The molecule has 0 saturated carbocycles. The number of aromatic amines is 1. The summed E-state index contributed by atoms with van der Waals surface area (Å²) >= 11 is 1.60. The summed E-state index contributed by atoms with van der Waals surface area (Å²) < 4.78 is 11.8. The first-order valence-corrected chi connectivity index (χ1v) is 12.8. The van der Waals surface area contributed by atoms with E-state index in [0.29, 0.717) is 25.6 Å². The summed E-state index contributed by atoms with van der Waals surface area (Å²) in [6.07, 6.45) is 5.57. The number of carbonyl (C=O) groups is 1. The molecule has 0 atom stereocenters. The molecule has 4 aromatic heterocycles. The van der Waals surface area contributed by atoms with E-state index in [1.54, 1.807) is 37.0 Å². The smallest absolute Gasteiger partial charge is 0.224 e. The van der Waals surface area contributed by atoms with Crippen molar-refractivity contribution < 1.29 is 14.3 Å². The molecule has 5 heterocycles. The SMILES string of the molecule is COc1cccc(CC(=O)NCc2cc3nc(-c4cncc5[nH]ncc45)nc(N4CCOCC4)c3s2)c1. The van der Waals surface area contributed by atoms with Gasteiger partial charge in [0.25, 0.3) is 0 Å². The van der Waals surface area contributed by atoms with Gasteiger partial charge in [-0.3, -0.25) is 14.9 Å². The van der Waals surface area contributed by atoms with Crippen LogP contribution in [0.4, 0.5) is 5.82 Å². The lowest BCUT2D eigenvalue weighted by Crippen LogP contribution is -2.36. The summed E-state index contributed by atoms with van der Waals surface area (Å²) in [5.41, 5.74) is 3.40. The number of nitrogens with one attached hydrogen (secondary N) is 2. The minimum absolute atomic E-state index is 0.0522. The number of H-pyrrole nitrogens is 1. The molecular formula is C26H25N7O3S. The van der Waals surface area contributed by atoms with Gasteiger partial charge in [-0.15, -0.1) is 11.3 Å². The zero-order valence-corrected chi connectivity index (χ0v) is 21.0. The van der Waals surface area contributed by atoms with Crippen LogP contribution in [0.3, 0.4) is 0 Å². The number of pyridine rings is 1. The molecule has 5 aromatic rings. The monoisotopic (exact) mass is 515 g/mol. The van der Waals surface area contributed by atoms with Crippen molar-refractivity contribution in [2.75, 3.05) is 38.3 Å². The van der Waals surface area contributed by atoms with Crippen LogP contribution in [0, 0.1) is 0 Å². The number of amides is 1. The molecule has 0 bridgehead atoms. The Morgan fingerprint density at radius 1 is 1.19 bits per heavy atom. The van der Waals surface area contributed by atoms with Gasteiger partial charge in [-0.25, -0.2) is 9.97 Å². The number of thiophene rings is 1. The summed E-state index contributed by atoms with van der Waals surface area (Å²) in [5.74, 6) is 2.16. The van der Waals surface area contributed by atoms with E-state index >= 15 is 0 Å². The molecule has 37 heavy (non-hydrogen) atoms. The zero-order chi connectivity index (χ0) is 25.2. The highest BCUT2D eigenvalue weighted by atomic mass is 32.1. The first kappa shape index (κ1) is 23.3. The summed E-state index contributed by atoms with van der Waals surface area (Å²) in [6.45, 7) is 3.23. The maximum Gasteiger partial charge on any atom is 0.224 e. The number of nitrogens with zero attached hydrogens (tertiary/aromatic N) is 5. The van der Waals surface area contributed by atoms with Gasteiger partial charge in [-0.05, 0) is 23.8 Å². The highest BCUT2D eigenvalue weighted by molar-refractivity contribution is 7.19. The molecule has 10 nitrogen and oxygen atoms in total. The first-order chi connectivity index (χ1) is 18.2. The molecular weight excluding hydrogens is 490 g/mol. The summed E-state index contributed by atoms with van der Waals surface area (Å²) in [5, 5.41) is 11.1. The van der Waals surface area contributed by atoms with E-state index in [-0.39, 0.29) is 12.3 Å². The Morgan fingerprint density at radius 3 is 2.95 bits per heavy atom. The molecule has 0 aliphatic carbocycles. The van der Waals surface area contributed by atoms with Crippen molar-refractivity contribution in [2.45, 2.75) is 13.0 Å². The van der Waals surface area contributed by atoms with Crippen LogP contribution >= 0.6 is 11.3 Å². The normalized spacial score (nSPS) is 13.8. The van der Waals surface area contributed by atoms with Crippen LogP contribution in [0.5, 0.6) is 5.75 Å². The zero-order valence-electron chi connectivity index (χ0n) is 20.2. The molecule has 1 amide bonds. The lowest BCUT2D eigenvalue weighted by atomic mass is 10.1. The molecule has 0 unspecified atom stereocenters. The lowest BCUT2D eigenvalue weighted by Gasteiger charge is -2.28. The van der Waals surface area contributed by atoms with E-state index in [1.807, 2.05) is 30.3 Å². The van der Waals surface area contributed by atoms with Crippen LogP contribution in [0.2, 0.25) is 0 Å². The number of morpholine rings is 1. The van der Waals surface area contributed by atoms with Gasteiger partial charge < -0.3 is 19.7 Å². The van der Waals surface area contributed by atoms with Crippen molar-refractivity contribution in [3.05, 3.63) is 59.4 Å². The lowest BCUT2D eigenvalue weighted by molar-refractivity contribution is -0.120. The van der Waals surface area contributed by atoms with Crippen LogP contribution in [-0.2, 0) is 22.5 Å². The van der Waals surface area contributed by atoms with Crippen molar-refractivity contribution in [1.29, 1.82) is 0 Å². The molecule has 1 aliphatic rings. The molecule has 1 saturated heterocycles. The van der Waals surface area contributed by atoms with E-state index in [4.69, 9.17) is 19.4 Å². The predicted molar refractivity (Wildman–Crippen MR) is 142 cm³/mol. The van der Waals surface area contributed by atoms with E-state index in [9.17, 15) is 4.79 Å². The van der Waals surface area contributed by atoms with Crippen molar-refractivity contribution in [1.82, 2.24) is 30.5 Å². The Hall–Kier alpha value is -4.09. The minimum Gasteiger partial charge on any atom is -0.497 e. The number of benzene rings is 1.